The molecule has 0 radical (unpaired) electrons. The lowest BCUT2D eigenvalue weighted by atomic mass is 10.1. The second-order valence-electron chi connectivity index (χ2n) is 4.49. The monoisotopic (exact) mass is 273 g/mol. The lowest BCUT2D eigenvalue weighted by Crippen LogP contribution is -2.36. The molecule has 0 unspecified atom stereocenters. The summed E-state index contributed by atoms with van der Waals surface area (Å²) in [6.45, 7) is 5.03. The Kier molecular flexibility index (Phi) is 4.70. The molecule has 0 saturated heterocycles. The number of nitrogens with one attached hydrogen (secondary N) is 2. The van der Waals surface area contributed by atoms with Crippen LogP contribution in [0.5, 0.6) is 0 Å². The lowest BCUT2D eigenvalue weighted by Gasteiger charge is -2.10. The first-order valence-electron chi connectivity index (χ1n) is 6.46. The van der Waals surface area contributed by atoms with E-state index in [2.05, 4.69) is 57.0 Å². The van der Waals surface area contributed by atoms with Crippen LogP contribution in [0.15, 0.2) is 33.8 Å². The maximum atomic E-state index is 4.91. The van der Waals surface area contributed by atoms with Gasteiger partial charge in [-0.25, -0.2) is 0 Å². The highest BCUT2D eigenvalue weighted by molar-refractivity contribution is 5.79. The van der Waals surface area contributed by atoms with Gasteiger partial charge >= 0.3 is 0 Å². The minimum absolute atomic E-state index is 0.477. The highest BCUT2D eigenvalue weighted by Gasteiger charge is 2.03. The molecule has 0 bridgehead atoms. The third-order valence-corrected chi connectivity index (χ3v) is 2.79. The number of guanidine groups is 1. The number of hydrogen-bond acceptors (Lipinski definition) is 4. The molecule has 106 valence electrons. The number of aliphatic imine (C=N–C) groups is 1. The minimum atomic E-state index is 0.477. The van der Waals surface area contributed by atoms with Crippen LogP contribution in [-0.4, -0.2) is 23.1 Å². The largest absolute Gasteiger partial charge is 0.352 e. The summed E-state index contributed by atoms with van der Waals surface area (Å²) in [6.07, 6.45) is 0. The van der Waals surface area contributed by atoms with Crippen molar-refractivity contribution in [2.75, 3.05) is 7.05 Å². The quantitative estimate of drug-likeness (QED) is 0.653. The van der Waals surface area contributed by atoms with Crippen LogP contribution in [0, 0.1) is 13.8 Å². The Morgan fingerprint density at radius 2 is 1.85 bits per heavy atom. The Balaban J connectivity index is 1.82. The predicted molar refractivity (Wildman–Crippen MR) is 77.3 cm³/mol. The van der Waals surface area contributed by atoms with Gasteiger partial charge in [-0.2, -0.15) is 4.98 Å². The van der Waals surface area contributed by atoms with E-state index in [-0.39, 0.29) is 0 Å². The van der Waals surface area contributed by atoms with Gasteiger partial charge in [0.05, 0.1) is 6.54 Å². The minimum Gasteiger partial charge on any atom is -0.352 e. The molecule has 0 fully saturated rings. The Hall–Kier alpha value is -2.37. The van der Waals surface area contributed by atoms with E-state index < -0.39 is 0 Å². The fourth-order valence-electron chi connectivity index (χ4n) is 1.69. The maximum absolute atomic E-state index is 4.91. The second kappa shape index (κ2) is 6.70. The van der Waals surface area contributed by atoms with E-state index in [0.717, 1.165) is 0 Å². The van der Waals surface area contributed by atoms with Crippen LogP contribution in [0.4, 0.5) is 0 Å². The van der Waals surface area contributed by atoms with Gasteiger partial charge < -0.3 is 15.2 Å². The van der Waals surface area contributed by atoms with E-state index in [1.807, 2.05) is 0 Å². The molecular formula is C14H19N5O. The normalized spacial score (nSPS) is 11.4. The van der Waals surface area contributed by atoms with Gasteiger partial charge in [0.1, 0.15) is 0 Å². The van der Waals surface area contributed by atoms with E-state index in [9.17, 15) is 0 Å². The van der Waals surface area contributed by atoms with E-state index in [0.29, 0.717) is 30.8 Å². The van der Waals surface area contributed by atoms with Crippen LogP contribution >= 0.6 is 0 Å². The molecule has 0 aliphatic carbocycles. The number of nitrogens with zero attached hydrogens (tertiary/aromatic N) is 3. The number of aryl methyl sites for hydroxylation is 2. The van der Waals surface area contributed by atoms with Crippen molar-refractivity contribution in [1.29, 1.82) is 0 Å². The molecule has 0 aliphatic rings. The summed E-state index contributed by atoms with van der Waals surface area (Å²) in [5.41, 5.74) is 2.46. The standard InChI is InChI=1S/C14H19N5O/c1-10-4-6-12(7-5-10)8-16-14(15-3)17-9-13-18-11(2)20-19-13/h4-7H,8-9H2,1-3H3,(H2,15,16,17). The van der Waals surface area contributed by atoms with Crippen LogP contribution in [0.1, 0.15) is 22.8 Å². The summed E-state index contributed by atoms with van der Waals surface area (Å²) in [7, 11) is 1.73. The van der Waals surface area contributed by atoms with E-state index in [1.165, 1.54) is 11.1 Å². The van der Waals surface area contributed by atoms with E-state index >= 15 is 0 Å². The topological polar surface area (TPSA) is 75.3 Å². The number of benzene rings is 1. The van der Waals surface area contributed by atoms with Crippen molar-refractivity contribution < 1.29 is 4.52 Å². The van der Waals surface area contributed by atoms with Gasteiger partial charge in [0.25, 0.3) is 0 Å². The molecule has 2 rings (SSSR count). The summed E-state index contributed by atoms with van der Waals surface area (Å²) in [6, 6.07) is 8.38. The average Bonchev–Trinajstić information content (AvgIpc) is 2.87. The average molecular weight is 273 g/mol. The maximum Gasteiger partial charge on any atom is 0.223 e. The van der Waals surface area contributed by atoms with Gasteiger partial charge in [-0.15, -0.1) is 0 Å². The molecule has 20 heavy (non-hydrogen) atoms. The zero-order valence-electron chi connectivity index (χ0n) is 12.0. The third kappa shape index (κ3) is 4.08. The SMILES string of the molecule is CN=C(NCc1ccc(C)cc1)NCc1noc(C)n1. The predicted octanol–water partition coefficient (Wildman–Crippen LogP) is 1.55. The van der Waals surface area contributed by atoms with Crippen LogP contribution in [0.2, 0.25) is 0 Å². The number of aromatic nitrogens is 2. The summed E-state index contributed by atoms with van der Waals surface area (Å²) in [5, 5.41) is 10.2. The van der Waals surface area contributed by atoms with Crippen LogP contribution in [0.3, 0.4) is 0 Å². The lowest BCUT2D eigenvalue weighted by molar-refractivity contribution is 0.387. The smallest absolute Gasteiger partial charge is 0.223 e. The first-order valence-corrected chi connectivity index (χ1v) is 6.46. The van der Waals surface area contributed by atoms with Gasteiger partial charge in [0.2, 0.25) is 5.89 Å². The molecule has 0 saturated carbocycles. The molecule has 1 aromatic carbocycles. The molecule has 6 nitrogen and oxygen atoms in total. The summed E-state index contributed by atoms with van der Waals surface area (Å²) in [5.74, 6) is 1.87. The third-order valence-electron chi connectivity index (χ3n) is 2.79. The van der Waals surface area contributed by atoms with Gasteiger partial charge in [-0.1, -0.05) is 35.0 Å². The van der Waals surface area contributed by atoms with E-state index in [1.54, 1.807) is 14.0 Å². The fourth-order valence-corrected chi connectivity index (χ4v) is 1.69. The molecule has 0 amide bonds. The molecule has 0 spiro atoms. The molecule has 0 atom stereocenters. The van der Waals surface area contributed by atoms with Crippen LogP contribution in [-0.2, 0) is 13.1 Å². The first kappa shape index (κ1) is 14.0. The van der Waals surface area contributed by atoms with Crippen LogP contribution in [0.25, 0.3) is 0 Å². The summed E-state index contributed by atoms with van der Waals surface area (Å²) < 4.78 is 4.91. The Bertz CT molecular complexity index is 574. The molecular weight excluding hydrogens is 254 g/mol. The Morgan fingerprint density at radius 3 is 2.45 bits per heavy atom. The number of rotatable bonds is 4. The number of hydrogen-bond donors (Lipinski definition) is 2. The van der Waals surface area contributed by atoms with Crippen molar-refractivity contribution in [3.63, 3.8) is 0 Å². The second-order valence-corrected chi connectivity index (χ2v) is 4.49. The zero-order chi connectivity index (χ0) is 14.4. The molecule has 2 aromatic rings. The summed E-state index contributed by atoms with van der Waals surface area (Å²) >= 11 is 0. The highest BCUT2D eigenvalue weighted by Crippen LogP contribution is 2.02. The molecule has 2 N–H and O–H groups in total. The fraction of sp³-hybridized carbons (Fsp3) is 0.357. The Labute approximate surface area is 118 Å². The molecule has 1 aromatic heterocycles. The zero-order valence-corrected chi connectivity index (χ0v) is 12.0. The molecule has 0 aliphatic heterocycles. The van der Waals surface area contributed by atoms with Gasteiger partial charge in [-0.3, -0.25) is 4.99 Å². The van der Waals surface area contributed by atoms with Crippen molar-refractivity contribution in [3.05, 3.63) is 47.1 Å². The van der Waals surface area contributed by atoms with Gasteiger partial charge in [0.15, 0.2) is 11.8 Å². The van der Waals surface area contributed by atoms with Crippen molar-refractivity contribution in [2.45, 2.75) is 26.9 Å². The Morgan fingerprint density at radius 1 is 1.15 bits per heavy atom. The van der Waals surface area contributed by atoms with Crippen molar-refractivity contribution in [3.8, 4) is 0 Å². The summed E-state index contributed by atoms with van der Waals surface area (Å²) in [4.78, 5) is 8.27. The van der Waals surface area contributed by atoms with Crippen LogP contribution < -0.4 is 10.6 Å². The molecule has 1 heterocycles. The van der Waals surface area contributed by atoms with Crippen molar-refractivity contribution in [1.82, 2.24) is 20.8 Å². The van der Waals surface area contributed by atoms with Crippen molar-refractivity contribution >= 4 is 5.96 Å². The van der Waals surface area contributed by atoms with E-state index in [4.69, 9.17) is 4.52 Å². The van der Waals surface area contributed by atoms with Gasteiger partial charge in [0, 0.05) is 20.5 Å². The highest BCUT2D eigenvalue weighted by atomic mass is 16.5. The first-order chi connectivity index (χ1) is 9.67. The van der Waals surface area contributed by atoms with Crippen molar-refractivity contribution in [2.24, 2.45) is 4.99 Å². The molecule has 6 heteroatoms. The van der Waals surface area contributed by atoms with Gasteiger partial charge in [-0.05, 0) is 12.5 Å².